The summed E-state index contributed by atoms with van der Waals surface area (Å²) in [5.41, 5.74) is 1.94. The van der Waals surface area contributed by atoms with Crippen LogP contribution in [0.15, 0.2) is 29.8 Å². The van der Waals surface area contributed by atoms with Crippen LogP contribution < -0.4 is 10.6 Å². The van der Waals surface area contributed by atoms with Crippen LogP contribution in [0.4, 0.5) is 4.39 Å². The van der Waals surface area contributed by atoms with Crippen molar-refractivity contribution in [1.82, 2.24) is 20.5 Å². The first-order valence-electron chi connectivity index (χ1n) is 13.0. The zero-order chi connectivity index (χ0) is 27.7. The molecule has 2 aliphatic rings. The van der Waals surface area contributed by atoms with Gasteiger partial charge in [0.15, 0.2) is 5.67 Å². The smallest absolute Gasteiger partial charge is 0.258 e. The van der Waals surface area contributed by atoms with Gasteiger partial charge in [0.25, 0.3) is 5.91 Å². The average molecular weight is 543 g/mol. The fourth-order valence-electron chi connectivity index (χ4n) is 4.80. The summed E-state index contributed by atoms with van der Waals surface area (Å²) < 4.78 is 14.4. The van der Waals surface area contributed by atoms with Crippen LogP contribution in [-0.2, 0) is 19.2 Å². The predicted molar refractivity (Wildman–Crippen MR) is 143 cm³/mol. The second kappa shape index (κ2) is 10.9. The van der Waals surface area contributed by atoms with Crippen LogP contribution in [0, 0.1) is 12.3 Å². The maximum Gasteiger partial charge on any atom is 0.258 e. The summed E-state index contributed by atoms with van der Waals surface area (Å²) in [6.45, 7) is 7.71. The lowest BCUT2D eigenvalue weighted by molar-refractivity contribution is -0.145. The van der Waals surface area contributed by atoms with Gasteiger partial charge >= 0.3 is 0 Å². The highest BCUT2D eigenvalue weighted by molar-refractivity contribution is 7.13. The van der Waals surface area contributed by atoms with Gasteiger partial charge in [0.2, 0.25) is 11.8 Å². The number of carbonyl (C=O) groups is 4. The lowest BCUT2D eigenvalue weighted by atomic mass is 9.85. The summed E-state index contributed by atoms with van der Waals surface area (Å²) in [6.07, 6.45) is 2.25. The minimum Gasteiger partial charge on any atom is -0.347 e. The molecule has 38 heavy (non-hydrogen) atoms. The number of aldehydes is 1. The molecule has 2 fully saturated rings. The molecule has 2 N–H and O–H groups in total. The van der Waals surface area contributed by atoms with E-state index in [1.807, 2.05) is 31.2 Å². The van der Waals surface area contributed by atoms with E-state index >= 15 is 0 Å². The maximum atomic E-state index is 14.4. The Morgan fingerprint density at radius 1 is 1.21 bits per heavy atom. The molecular formula is C28H35FN4O4S. The van der Waals surface area contributed by atoms with Gasteiger partial charge in [-0.25, -0.2) is 9.37 Å². The van der Waals surface area contributed by atoms with E-state index in [4.69, 9.17) is 0 Å². The Morgan fingerprint density at radius 2 is 1.89 bits per heavy atom. The minimum absolute atomic E-state index is 0.0879. The number of carbonyl (C=O) groups excluding carboxylic acids is 4. The Kier molecular flexibility index (Phi) is 8.01. The van der Waals surface area contributed by atoms with Crippen LogP contribution in [0.3, 0.4) is 0 Å². The van der Waals surface area contributed by atoms with Gasteiger partial charge in [-0.2, -0.15) is 0 Å². The molecule has 1 aromatic heterocycles. The Bertz CT molecular complexity index is 1200. The number of hydrogen-bond donors (Lipinski definition) is 2. The monoisotopic (exact) mass is 542 g/mol. The van der Waals surface area contributed by atoms with Gasteiger partial charge in [0.05, 0.1) is 22.1 Å². The molecule has 3 atom stereocenters. The first-order valence-corrected chi connectivity index (χ1v) is 13.9. The highest BCUT2D eigenvalue weighted by Gasteiger charge is 2.53. The summed E-state index contributed by atoms with van der Waals surface area (Å²) in [5, 5.41) is 5.57. The third kappa shape index (κ3) is 5.95. The minimum atomic E-state index is -1.90. The molecule has 1 saturated carbocycles. The molecule has 2 aromatic rings. The third-order valence-electron chi connectivity index (χ3n) is 7.29. The van der Waals surface area contributed by atoms with Crippen LogP contribution >= 0.6 is 11.3 Å². The molecule has 1 aliphatic heterocycles. The largest absolute Gasteiger partial charge is 0.347 e. The number of aromatic nitrogens is 1. The Morgan fingerprint density at radius 3 is 2.45 bits per heavy atom. The van der Waals surface area contributed by atoms with Crippen LogP contribution in [0.25, 0.3) is 10.4 Å². The second-order valence-electron chi connectivity index (χ2n) is 11.3. The summed E-state index contributed by atoms with van der Waals surface area (Å²) in [6, 6.07) is 5.40. The van der Waals surface area contributed by atoms with E-state index in [0.29, 0.717) is 19.4 Å². The Hall–Kier alpha value is -3.14. The summed E-state index contributed by atoms with van der Waals surface area (Å²) in [5.74, 6) is -1.52. The topological polar surface area (TPSA) is 108 Å². The fraction of sp³-hybridized carbons (Fsp3) is 0.536. The number of rotatable bonds is 9. The Balaban J connectivity index is 1.48. The molecule has 1 aromatic carbocycles. The number of nitrogens with one attached hydrogen (secondary N) is 2. The number of benzene rings is 1. The number of alkyl halides is 1. The summed E-state index contributed by atoms with van der Waals surface area (Å²) >= 11 is 1.55. The molecule has 0 bridgehead atoms. The van der Waals surface area contributed by atoms with Gasteiger partial charge in [-0.3, -0.25) is 14.4 Å². The van der Waals surface area contributed by atoms with E-state index in [1.165, 1.54) is 4.90 Å². The number of thiazole rings is 1. The molecule has 204 valence electrons. The quantitative estimate of drug-likeness (QED) is 0.468. The van der Waals surface area contributed by atoms with E-state index in [0.717, 1.165) is 28.0 Å². The standard InChI is InChI=1S/C28H35FN4O4S/c1-17-22(38-16-30-17)19-9-7-18(8-10-19)20(11-15-34)31-24(35)21-6-5-14-33(21)25(36)23(27(2,3)4)32-26(37)28(29)12-13-28/h7-10,15-16,20-21,23H,5-6,11-14H2,1-4H3,(H,31,35)(H,32,37). The summed E-state index contributed by atoms with van der Waals surface area (Å²) in [4.78, 5) is 57.7. The van der Waals surface area contributed by atoms with Crippen molar-refractivity contribution in [3.63, 3.8) is 0 Å². The van der Waals surface area contributed by atoms with E-state index in [2.05, 4.69) is 15.6 Å². The van der Waals surface area contributed by atoms with E-state index < -0.39 is 41.0 Å². The molecule has 3 unspecified atom stereocenters. The zero-order valence-corrected chi connectivity index (χ0v) is 23.1. The molecule has 0 radical (unpaired) electrons. The SMILES string of the molecule is Cc1ncsc1-c1ccc(C(CC=O)NC(=O)C2CCCN2C(=O)C(NC(=O)C2(F)CC2)C(C)(C)C)cc1. The van der Waals surface area contributed by atoms with Crippen molar-refractivity contribution in [2.24, 2.45) is 5.41 Å². The van der Waals surface area contributed by atoms with Gasteiger partial charge in [0, 0.05) is 13.0 Å². The average Bonchev–Trinajstić information content (AvgIpc) is 3.25. The van der Waals surface area contributed by atoms with Crippen LogP contribution in [0.1, 0.15) is 70.2 Å². The van der Waals surface area contributed by atoms with Crippen molar-refractivity contribution in [1.29, 1.82) is 0 Å². The van der Waals surface area contributed by atoms with Crippen molar-refractivity contribution < 1.29 is 23.6 Å². The zero-order valence-electron chi connectivity index (χ0n) is 22.3. The van der Waals surface area contributed by atoms with Crippen molar-refractivity contribution >= 4 is 35.3 Å². The second-order valence-corrected chi connectivity index (χ2v) is 12.1. The lowest BCUT2D eigenvalue weighted by Gasteiger charge is -2.36. The first-order chi connectivity index (χ1) is 17.9. The molecular weight excluding hydrogens is 507 g/mol. The predicted octanol–water partition coefficient (Wildman–Crippen LogP) is 3.89. The van der Waals surface area contributed by atoms with Gasteiger partial charge in [-0.1, -0.05) is 45.0 Å². The molecule has 2 heterocycles. The van der Waals surface area contributed by atoms with E-state index in [-0.39, 0.29) is 25.2 Å². The highest BCUT2D eigenvalue weighted by Crippen LogP contribution is 2.40. The molecule has 3 amide bonds. The number of nitrogens with zero attached hydrogens (tertiary/aromatic N) is 2. The highest BCUT2D eigenvalue weighted by atomic mass is 32.1. The maximum absolute atomic E-state index is 14.4. The number of amides is 3. The van der Waals surface area contributed by atoms with E-state index in [9.17, 15) is 23.6 Å². The van der Waals surface area contributed by atoms with Crippen molar-refractivity contribution in [2.75, 3.05) is 6.54 Å². The van der Waals surface area contributed by atoms with Crippen molar-refractivity contribution in [2.45, 2.75) is 83.6 Å². The van der Waals surface area contributed by atoms with Crippen LogP contribution in [0.2, 0.25) is 0 Å². The fourth-order valence-corrected chi connectivity index (χ4v) is 5.61. The molecule has 1 aliphatic carbocycles. The molecule has 10 heteroatoms. The third-order valence-corrected chi connectivity index (χ3v) is 8.27. The number of hydrogen-bond acceptors (Lipinski definition) is 6. The van der Waals surface area contributed by atoms with Gasteiger partial charge in [0.1, 0.15) is 18.4 Å². The molecule has 0 spiro atoms. The van der Waals surface area contributed by atoms with E-state index in [1.54, 1.807) is 37.6 Å². The molecule has 1 saturated heterocycles. The first kappa shape index (κ1) is 27.9. The summed E-state index contributed by atoms with van der Waals surface area (Å²) in [7, 11) is 0. The van der Waals surface area contributed by atoms with Gasteiger partial charge < -0.3 is 20.3 Å². The lowest BCUT2D eigenvalue weighted by Crippen LogP contribution is -2.59. The molecule has 8 nitrogen and oxygen atoms in total. The van der Waals surface area contributed by atoms with Gasteiger partial charge in [-0.15, -0.1) is 11.3 Å². The van der Waals surface area contributed by atoms with Crippen molar-refractivity contribution in [3.8, 4) is 10.4 Å². The number of halogens is 1. The van der Waals surface area contributed by atoms with Gasteiger partial charge in [-0.05, 0) is 49.1 Å². The number of likely N-dealkylation sites (tertiary alicyclic amines) is 1. The van der Waals surface area contributed by atoms with Crippen LogP contribution in [-0.4, -0.2) is 58.2 Å². The van der Waals surface area contributed by atoms with Crippen LogP contribution in [0.5, 0.6) is 0 Å². The number of aryl methyl sites for hydroxylation is 1. The normalized spacial score (nSPS) is 19.9. The Labute approximate surface area is 226 Å². The van der Waals surface area contributed by atoms with Crippen molar-refractivity contribution in [3.05, 3.63) is 41.0 Å². The molecule has 4 rings (SSSR count).